The van der Waals surface area contributed by atoms with Crippen molar-refractivity contribution in [1.29, 1.82) is 0 Å². The third kappa shape index (κ3) is 3.55. The van der Waals surface area contributed by atoms with Gasteiger partial charge < -0.3 is 10.1 Å². The van der Waals surface area contributed by atoms with E-state index in [1.165, 1.54) is 12.1 Å². The van der Waals surface area contributed by atoms with E-state index in [4.69, 9.17) is 4.74 Å². The predicted molar refractivity (Wildman–Crippen MR) is 77.8 cm³/mol. The molecule has 0 saturated heterocycles. The molecule has 114 valence electrons. The van der Waals surface area contributed by atoms with Gasteiger partial charge in [0.15, 0.2) is 0 Å². The number of aryl methyl sites for hydroxylation is 1. The van der Waals surface area contributed by atoms with Gasteiger partial charge in [0.05, 0.1) is 12.1 Å². The molecular formula is C16H25F2NO. The molecule has 0 saturated carbocycles. The minimum absolute atomic E-state index is 0.0564. The van der Waals surface area contributed by atoms with Crippen LogP contribution < -0.4 is 5.32 Å². The Morgan fingerprint density at radius 2 is 1.85 bits per heavy atom. The Morgan fingerprint density at radius 1 is 1.25 bits per heavy atom. The fraction of sp³-hybridized carbons (Fsp3) is 0.625. The van der Waals surface area contributed by atoms with E-state index in [1.54, 1.807) is 14.0 Å². The molecule has 20 heavy (non-hydrogen) atoms. The Hall–Kier alpha value is -1.00. The largest absolute Gasteiger partial charge is 0.376 e. The van der Waals surface area contributed by atoms with Gasteiger partial charge in [-0.05, 0) is 37.9 Å². The lowest BCUT2D eigenvalue weighted by molar-refractivity contribution is -0.0364. The minimum Gasteiger partial charge on any atom is -0.376 e. The monoisotopic (exact) mass is 285 g/mol. The Labute approximate surface area is 120 Å². The summed E-state index contributed by atoms with van der Waals surface area (Å²) in [5, 5.41) is 3.01. The van der Waals surface area contributed by atoms with Crippen LogP contribution in [0.15, 0.2) is 12.1 Å². The van der Waals surface area contributed by atoms with Gasteiger partial charge in [-0.25, -0.2) is 8.78 Å². The average Bonchev–Trinajstić information content (AvgIpc) is 2.36. The van der Waals surface area contributed by atoms with E-state index in [0.29, 0.717) is 12.2 Å². The second-order valence-electron chi connectivity index (χ2n) is 6.10. The van der Waals surface area contributed by atoms with E-state index in [0.717, 1.165) is 0 Å². The molecule has 0 spiro atoms. The zero-order valence-electron chi connectivity index (χ0n) is 13.2. The average molecular weight is 285 g/mol. The van der Waals surface area contributed by atoms with Gasteiger partial charge in [-0.1, -0.05) is 26.8 Å². The fourth-order valence-corrected chi connectivity index (χ4v) is 2.44. The molecule has 0 aliphatic rings. The van der Waals surface area contributed by atoms with Gasteiger partial charge in [0, 0.05) is 12.2 Å². The van der Waals surface area contributed by atoms with Crippen LogP contribution in [0.2, 0.25) is 0 Å². The molecule has 1 aromatic rings. The van der Waals surface area contributed by atoms with E-state index in [2.05, 4.69) is 5.32 Å². The van der Waals surface area contributed by atoms with E-state index in [9.17, 15) is 8.78 Å². The Kier molecular flexibility index (Phi) is 5.66. The normalized spacial score (nSPS) is 15.2. The van der Waals surface area contributed by atoms with Crippen molar-refractivity contribution >= 4 is 0 Å². The van der Waals surface area contributed by atoms with Crippen molar-refractivity contribution in [2.75, 3.05) is 13.7 Å². The van der Waals surface area contributed by atoms with Crippen LogP contribution >= 0.6 is 0 Å². The smallest absolute Gasteiger partial charge is 0.133 e. The van der Waals surface area contributed by atoms with Crippen molar-refractivity contribution in [3.8, 4) is 0 Å². The maximum absolute atomic E-state index is 14.4. The van der Waals surface area contributed by atoms with Crippen LogP contribution in [-0.4, -0.2) is 19.8 Å². The Morgan fingerprint density at radius 3 is 2.30 bits per heavy atom. The molecule has 1 N–H and O–H groups in total. The number of hydrogen-bond donors (Lipinski definition) is 1. The number of benzene rings is 1. The highest BCUT2D eigenvalue weighted by Crippen LogP contribution is 2.35. The van der Waals surface area contributed by atoms with Crippen molar-refractivity contribution in [1.82, 2.24) is 5.32 Å². The first-order chi connectivity index (χ1) is 9.23. The maximum Gasteiger partial charge on any atom is 0.133 e. The number of ether oxygens (including phenoxy) is 1. The summed E-state index contributed by atoms with van der Waals surface area (Å²) in [7, 11) is 1.70. The van der Waals surface area contributed by atoms with Crippen LogP contribution in [0.1, 0.15) is 44.9 Å². The topological polar surface area (TPSA) is 21.3 Å². The summed E-state index contributed by atoms with van der Waals surface area (Å²) in [4.78, 5) is 0. The summed E-state index contributed by atoms with van der Waals surface area (Å²) in [5.74, 6) is -1.04. The molecule has 1 rings (SSSR count). The molecule has 1 aromatic carbocycles. The van der Waals surface area contributed by atoms with Crippen LogP contribution in [0.3, 0.4) is 0 Å². The van der Waals surface area contributed by atoms with Crippen molar-refractivity contribution in [3.05, 3.63) is 34.9 Å². The molecule has 0 aliphatic heterocycles. The quantitative estimate of drug-likeness (QED) is 0.883. The number of hydrogen-bond acceptors (Lipinski definition) is 2. The fourth-order valence-electron chi connectivity index (χ4n) is 2.44. The highest BCUT2D eigenvalue weighted by atomic mass is 19.1. The molecule has 0 radical (unpaired) electrons. The summed E-state index contributed by atoms with van der Waals surface area (Å²) >= 11 is 0. The van der Waals surface area contributed by atoms with Gasteiger partial charge in [-0.2, -0.15) is 0 Å². The second-order valence-corrected chi connectivity index (χ2v) is 6.10. The highest BCUT2D eigenvalue weighted by molar-refractivity contribution is 5.30. The summed E-state index contributed by atoms with van der Waals surface area (Å²) < 4.78 is 34.2. The zero-order valence-corrected chi connectivity index (χ0v) is 13.2. The number of likely N-dealkylation sites (N-methyl/N-ethyl adjacent to an activating group) is 1. The molecule has 4 heteroatoms. The molecular weight excluding hydrogens is 260 g/mol. The first-order valence-electron chi connectivity index (χ1n) is 6.97. The second kappa shape index (κ2) is 6.64. The molecule has 0 aliphatic carbocycles. The molecule has 0 fully saturated rings. The van der Waals surface area contributed by atoms with E-state index < -0.39 is 17.7 Å². The van der Waals surface area contributed by atoms with Crippen LogP contribution in [0.5, 0.6) is 0 Å². The van der Waals surface area contributed by atoms with Crippen molar-refractivity contribution in [2.45, 2.75) is 46.8 Å². The van der Waals surface area contributed by atoms with Crippen molar-refractivity contribution < 1.29 is 13.5 Å². The number of rotatable bonds is 5. The minimum atomic E-state index is -0.540. The van der Waals surface area contributed by atoms with Gasteiger partial charge in [0.1, 0.15) is 11.6 Å². The lowest BCUT2D eigenvalue weighted by atomic mass is 9.81. The standard InChI is InChI=1S/C16H25F2NO/c1-7-20-15(16(3,4)5)14(19-6)12-11(17)9-8-10(2)13(12)18/h8-9,14-15,19H,7H2,1-6H3. The summed E-state index contributed by atoms with van der Waals surface area (Å²) in [5.41, 5.74) is 0.249. The van der Waals surface area contributed by atoms with Crippen LogP contribution in [0, 0.1) is 24.0 Å². The molecule has 2 atom stereocenters. The van der Waals surface area contributed by atoms with E-state index >= 15 is 0 Å². The van der Waals surface area contributed by atoms with Gasteiger partial charge in [0.25, 0.3) is 0 Å². The third-order valence-electron chi connectivity index (χ3n) is 3.44. The van der Waals surface area contributed by atoms with Crippen LogP contribution in [-0.2, 0) is 4.74 Å². The Bertz CT molecular complexity index is 455. The highest BCUT2D eigenvalue weighted by Gasteiger charge is 2.36. The van der Waals surface area contributed by atoms with E-state index in [-0.39, 0.29) is 17.1 Å². The molecule has 2 nitrogen and oxygen atoms in total. The molecule has 0 heterocycles. The SMILES string of the molecule is CCOC(C(NC)c1c(F)ccc(C)c1F)C(C)(C)C. The lowest BCUT2D eigenvalue weighted by Gasteiger charge is -2.37. The maximum atomic E-state index is 14.4. The van der Waals surface area contributed by atoms with Gasteiger partial charge >= 0.3 is 0 Å². The van der Waals surface area contributed by atoms with E-state index in [1.807, 2.05) is 27.7 Å². The van der Waals surface area contributed by atoms with Gasteiger partial charge in [-0.3, -0.25) is 0 Å². The van der Waals surface area contributed by atoms with Gasteiger partial charge in [0.2, 0.25) is 0 Å². The molecule has 2 unspecified atom stereocenters. The molecule has 0 aromatic heterocycles. The summed E-state index contributed by atoms with van der Waals surface area (Å²) in [6.07, 6.45) is -0.330. The first kappa shape index (κ1) is 17.1. The van der Waals surface area contributed by atoms with Crippen molar-refractivity contribution in [3.63, 3.8) is 0 Å². The predicted octanol–water partition coefficient (Wildman–Crippen LogP) is 3.98. The number of nitrogens with one attached hydrogen (secondary N) is 1. The lowest BCUT2D eigenvalue weighted by Crippen LogP contribution is -2.42. The molecule has 0 amide bonds. The van der Waals surface area contributed by atoms with Gasteiger partial charge in [-0.15, -0.1) is 0 Å². The number of halogens is 2. The first-order valence-corrected chi connectivity index (χ1v) is 6.97. The Balaban J connectivity index is 3.34. The van der Waals surface area contributed by atoms with Crippen LogP contribution in [0.25, 0.3) is 0 Å². The zero-order chi connectivity index (χ0) is 15.5. The van der Waals surface area contributed by atoms with Crippen molar-refractivity contribution in [2.24, 2.45) is 5.41 Å². The summed E-state index contributed by atoms with van der Waals surface area (Å²) in [6, 6.07) is 2.23. The van der Waals surface area contributed by atoms with Crippen LogP contribution in [0.4, 0.5) is 8.78 Å². The summed E-state index contributed by atoms with van der Waals surface area (Å²) in [6.45, 7) is 10.0. The molecule has 0 bridgehead atoms. The third-order valence-corrected chi connectivity index (χ3v) is 3.44.